The molecule has 116 valence electrons. The molecule has 0 fully saturated rings. The van der Waals surface area contributed by atoms with Crippen molar-refractivity contribution in [3.05, 3.63) is 83.9 Å². The zero-order chi connectivity index (χ0) is 16.1. The van der Waals surface area contributed by atoms with Crippen molar-refractivity contribution in [1.82, 2.24) is 5.32 Å². The number of aryl methyl sites for hydroxylation is 1. The lowest BCUT2D eigenvalue weighted by atomic mass is 10.0. The van der Waals surface area contributed by atoms with Gasteiger partial charge in [-0.2, -0.15) is 0 Å². The number of carbonyl (C=O) groups is 1. The average Bonchev–Trinajstić information content (AvgIpc) is 2.60. The van der Waals surface area contributed by atoms with Gasteiger partial charge in [0.1, 0.15) is 0 Å². The van der Waals surface area contributed by atoms with Crippen LogP contribution in [-0.2, 0) is 6.42 Å². The van der Waals surface area contributed by atoms with Crippen molar-refractivity contribution >= 4 is 16.7 Å². The zero-order valence-electron chi connectivity index (χ0n) is 13.3. The number of nitrogens with one attached hydrogen (secondary N) is 1. The molecule has 3 aromatic rings. The van der Waals surface area contributed by atoms with E-state index in [-0.39, 0.29) is 11.9 Å². The summed E-state index contributed by atoms with van der Waals surface area (Å²) in [5.41, 5.74) is 2.02. The lowest BCUT2D eigenvalue weighted by Crippen LogP contribution is -2.32. The predicted molar refractivity (Wildman–Crippen MR) is 95.6 cm³/mol. The molecule has 0 bridgehead atoms. The molecule has 3 aromatic carbocycles. The van der Waals surface area contributed by atoms with E-state index < -0.39 is 0 Å². The van der Waals surface area contributed by atoms with Crippen molar-refractivity contribution in [2.45, 2.75) is 25.8 Å². The Balaban J connectivity index is 1.61. The molecule has 2 nitrogen and oxygen atoms in total. The van der Waals surface area contributed by atoms with Crippen LogP contribution < -0.4 is 5.32 Å². The third kappa shape index (κ3) is 3.98. The van der Waals surface area contributed by atoms with E-state index in [0.717, 1.165) is 29.2 Å². The SMILES string of the molecule is CC(CCc1ccccc1)NC(=O)c1ccc2ccccc2c1. The average molecular weight is 303 g/mol. The van der Waals surface area contributed by atoms with Gasteiger partial charge in [0.15, 0.2) is 0 Å². The summed E-state index contributed by atoms with van der Waals surface area (Å²) in [5.74, 6) is -0.00341. The highest BCUT2D eigenvalue weighted by molar-refractivity contribution is 5.98. The van der Waals surface area contributed by atoms with E-state index in [1.54, 1.807) is 0 Å². The van der Waals surface area contributed by atoms with E-state index in [2.05, 4.69) is 30.4 Å². The maximum absolute atomic E-state index is 12.4. The molecule has 0 aliphatic heterocycles. The normalized spacial score (nSPS) is 12.0. The molecule has 0 saturated heterocycles. The Labute approximate surface area is 137 Å². The highest BCUT2D eigenvalue weighted by atomic mass is 16.1. The van der Waals surface area contributed by atoms with Gasteiger partial charge < -0.3 is 5.32 Å². The zero-order valence-corrected chi connectivity index (χ0v) is 13.3. The Hall–Kier alpha value is -2.61. The van der Waals surface area contributed by atoms with Crippen molar-refractivity contribution in [1.29, 1.82) is 0 Å². The number of carbonyl (C=O) groups excluding carboxylic acids is 1. The van der Waals surface area contributed by atoms with Crippen LogP contribution in [0.1, 0.15) is 29.3 Å². The molecule has 0 radical (unpaired) electrons. The van der Waals surface area contributed by atoms with Crippen molar-refractivity contribution in [3.8, 4) is 0 Å². The van der Waals surface area contributed by atoms with Crippen LogP contribution in [0, 0.1) is 0 Å². The van der Waals surface area contributed by atoms with E-state index in [4.69, 9.17) is 0 Å². The van der Waals surface area contributed by atoms with Crippen molar-refractivity contribution in [2.24, 2.45) is 0 Å². The fourth-order valence-electron chi connectivity index (χ4n) is 2.74. The molecule has 1 amide bonds. The smallest absolute Gasteiger partial charge is 0.251 e. The van der Waals surface area contributed by atoms with Crippen LogP contribution in [0.2, 0.25) is 0 Å². The topological polar surface area (TPSA) is 29.1 Å². The van der Waals surface area contributed by atoms with Gasteiger partial charge in [0.05, 0.1) is 0 Å². The molecule has 0 aromatic heterocycles. The number of hydrogen-bond donors (Lipinski definition) is 1. The van der Waals surface area contributed by atoms with Gasteiger partial charge in [0, 0.05) is 11.6 Å². The van der Waals surface area contributed by atoms with Gasteiger partial charge in [0.25, 0.3) is 5.91 Å². The first-order valence-corrected chi connectivity index (χ1v) is 8.06. The Morgan fingerprint density at radius 2 is 1.61 bits per heavy atom. The molecule has 3 rings (SSSR count). The summed E-state index contributed by atoms with van der Waals surface area (Å²) < 4.78 is 0. The number of fused-ring (bicyclic) bond motifs is 1. The van der Waals surface area contributed by atoms with Gasteiger partial charge in [0.2, 0.25) is 0 Å². The molecule has 1 unspecified atom stereocenters. The Morgan fingerprint density at radius 3 is 2.39 bits per heavy atom. The number of rotatable bonds is 5. The minimum atomic E-state index is -0.00341. The standard InChI is InChI=1S/C21H21NO/c1-16(11-12-17-7-3-2-4-8-17)22-21(23)20-14-13-18-9-5-6-10-19(18)15-20/h2-10,13-16H,11-12H2,1H3,(H,22,23). The van der Waals surface area contributed by atoms with Crippen LogP contribution in [0.15, 0.2) is 72.8 Å². The number of hydrogen-bond acceptors (Lipinski definition) is 1. The van der Waals surface area contributed by atoms with E-state index >= 15 is 0 Å². The van der Waals surface area contributed by atoms with Gasteiger partial charge in [-0.15, -0.1) is 0 Å². The lowest BCUT2D eigenvalue weighted by molar-refractivity contribution is 0.0938. The first kappa shape index (κ1) is 15.3. The van der Waals surface area contributed by atoms with Gasteiger partial charge in [-0.1, -0.05) is 60.7 Å². The molecular formula is C21H21NO. The molecule has 0 heterocycles. The highest BCUT2D eigenvalue weighted by Gasteiger charge is 2.10. The van der Waals surface area contributed by atoms with Crippen LogP contribution in [-0.4, -0.2) is 11.9 Å². The molecule has 0 aliphatic rings. The van der Waals surface area contributed by atoms with E-state index in [0.29, 0.717) is 0 Å². The van der Waals surface area contributed by atoms with Gasteiger partial charge >= 0.3 is 0 Å². The van der Waals surface area contributed by atoms with E-state index in [1.807, 2.05) is 54.6 Å². The predicted octanol–water partition coefficient (Wildman–Crippen LogP) is 4.59. The summed E-state index contributed by atoms with van der Waals surface area (Å²) in [7, 11) is 0. The van der Waals surface area contributed by atoms with Gasteiger partial charge in [-0.3, -0.25) is 4.79 Å². The van der Waals surface area contributed by atoms with Crippen LogP contribution in [0.5, 0.6) is 0 Å². The van der Waals surface area contributed by atoms with Crippen LogP contribution in [0.4, 0.5) is 0 Å². The fourth-order valence-corrected chi connectivity index (χ4v) is 2.74. The van der Waals surface area contributed by atoms with Crippen LogP contribution in [0.3, 0.4) is 0 Å². The number of amides is 1. The molecule has 23 heavy (non-hydrogen) atoms. The minimum absolute atomic E-state index is 0.00341. The van der Waals surface area contributed by atoms with Crippen molar-refractivity contribution < 1.29 is 4.79 Å². The maximum atomic E-state index is 12.4. The van der Waals surface area contributed by atoms with Gasteiger partial charge in [-0.05, 0) is 48.2 Å². The van der Waals surface area contributed by atoms with Crippen LogP contribution in [0.25, 0.3) is 10.8 Å². The summed E-state index contributed by atoms with van der Waals surface area (Å²) >= 11 is 0. The Kier molecular flexibility index (Phi) is 4.72. The second-order valence-corrected chi connectivity index (χ2v) is 5.96. The van der Waals surface area contributed by atoms with Gasteiger partial charge in [-0.25, -0.2) is 0 Å². The molecular weight excluding hydrogens is 282 g/mol. The molecule has 0 aliphatic carbocycles. The second-order valence-electron chi connectivity index (χ2n) is 5.96. The third-order valence-corrected chi connectivity index (χ3v) is 4.10. The monoisotopic (exact) mass is 303 g/mol. The second kappa shape index (κ2) is 7.10. The molecule has 1 atom stereocenters. The summed E-state index contributed by atoms with van der Waals surface area (Å²) in [6, 6.07) is 24.4. The lowest BCUT2D eigenvalue weighted by Gasteiger charge is -2.14. The third-order valence-electron chi connectivity index (χ3n) is 4.10. The molecule has 0 saturated carbocycles. The van der Waals surface area contributed by atoms with Crippen LogP contribution >= 0.6 is 0 Å². The summed E-state index contributed by atoms with van der Waals surface area (Å²) in [6.07, 6.45) is 1.91. The molecule has 2 heteroatoms. The summed E-state index contributed by atoms with van der Waals surface area (Å²) in [4.78, 5) is 12.4. The first-order valence-electron chi connectivity index (χ1n) is 8.06. The van der Waals surface area contributed by atoms with E-state index in [9.17, 15) is 4.79 Å². The highest BCUT2D eigenvalue weighted by Crippen LogP contribution is 2.16. The Bertz CT molecular complexity index is 795. The maximum Gasteiger partial charge on any atom is 0.251 e. The summed E-state index contributed by atoms with van der Waals surface area (Å²) in [5, 5.41) is 5.34. The largest absolute Gasteiger partial charge is 0.350 e. The Morgan fingerprint density at radius 1 is 0.913 bits per heavy atom. The van der Waals surface area contributed by atoms with E-state index in [1.165, 1.54) is 5.56 Å². The summed E-state index contributed by atoms with van der Waals surface area (Å²) in [6.45, 7) is 2.06. The fraction of sp³-hybridized carbons (Fsp3) is 0.190. The number of benzene rings is 3. The van der Waals surface area contributed by atoms with Crippen molar-refractivity contribution in [2.75, 3.05) is 0 Å². The minimum Gasteiger partial charge on any atom is -0.350 e. The first-order chi connectivity index (χ1) is 11.2. The molecule has 0 spiro atoms. The molecule has 1 N–H and O–H groups in total. The van der Waals surface area contributed by atoms with Crippen molar-refractivity contribution in [3.63, 3.8) is 0 Å². The quantitative estimate of drug-likeness (QED) is 0.734.